The number of amides is 1. The number of thiophene rings is 1. The minimum atomic E-state index is 0.143. The van der Waals surface area contributed by atoms with E-state index in [0.29, 0.717) is 19.6 Å². The molecule has 0 aliphatic carbocycles. The summed E-state index contributed by atoms with van der Waals surface area (Å²) >= 11 is 1.69. The summed E-state index contributed by atoms with van der Waals surface area (Å²) in [4.78, 5) is 18.3. The largest absolute Gasteiger partial charge is 0.379 e. The minimum absolute atomic E-state index is 0.143. The van der Waals surface area contributed by atoms with Crippen molar-refractivity contribution in [2.24, 2.45) is 0 Å². The van der Waals surface area contributed by atoms with Crippen molar-refractivity contribution >= 4 is 17.2 Å². The molecular weight excluding hydrogens is 346 g/mol. The van der Waals surface area contributed by atoms with Gasteiger partial charge in [-0.15, -0.1) is 11.3 Å². The molecular formula is C20H27N3O2S. The fourth-order valence-electron chi connectivity index (χ4n) is 3.00. The Bertz CT molecular complexity index is 642. The Hall–Kier alpha value is -1.73. The maximum Gasteiger partial charge on any atom is 0.237 e. The maximum atomic E-state index is 12.8. The average Bonchev–Trinajstić information content (AvgIpc) is 3.19. The number of hydrogen-bond donors (Lipinski definition) is 1. The fourth-order valence-corrected chi connectivity index (χ4v) is 3.72. The zero-order chi connectivity index (χ0) is 18.0. The summed E-state index contributed by atoms with van der Waals surface area (Å²) < 4.78 is 5.36. The van der Waals surface area contributed by atoms with Gasteiger partial charge in [0.15, 0.2) is 0 Å². The van der Waals surface area contributed by atoms with Gasteiger partial charge in [-0.1, -0.05) is 36.4 Å². The van der Waals surface area contributed by atoms with Crippen molar-refractivity contribution in [2.45, 2.75) is 13.1 Å². The highest BCUT2D eigenvalue weighted by Crippen LogP contribution is 2.14. The molecule has 0 unspecified atom stereocenters. The van der Waals surface area contributed by atoms with Gasteiger partial charge in [0.25, 0.3) is 0 Å². The summed E-state index contributed by atoms with van der Waals surface area (Å²) in [6, 6.07) is 14.3. The van der Waals surface area contributed by atoms with Crippen molar-refractivity contribution in [3.05, 3.63) is 58.3 Å². The lowest BCUT2D eigenvalue weighted by molar-refractivity contribution is -0.131. The lowest BCUT2D eigenvalue weighted by Gasteiger charge is -2.27. The Kier molecular flexibility index (Phi) is 7.64. The molecule has 5 nitrogen and oxygen atoms in total. The van der Waals surface area contributed by atoms with E-state index >= 15 is 0 Å². The van der Waals surface area contributed by atoms with Gasteiger partial charge < -0.3 is 15.0 Å². The number of carbonyl (C=O) groups excluding carboxylic acids is 1. The van der Waals surface area contributed by atoms with E-state index in [4.69, 9.17) is 4.74 Å². The molecule has 0 bridgehead atoms. The van der Waals surface area contributed by atoms with Gasteiger partial charge in [-0.3, -0.25) is 9.69 Å². The first-order chi connectivity index (χ1) is 12.8. The highest BCUT2D eigenvalue weighted by molar-refractivity contribution is 7.09. The normalized spacial score (nSPS) is 15.1. The van der Waals surface area contributed by atoms with E-state index in [1.165, 1.54) is 4.88 Å². The van der Waals surface area contributed by atoms with E-state index in [1.807, 2.05) is 29.2 Å². The van der Waals surface area contributed by atoms with Gasteiger partial charge in [0.1, 0.15) is 0 Å². The summed E-state index contributed by atoms with van der Waals surface area (Å²) in [7, 11) is 0. The van der Waals surface area contributed by atoms with Gasteiger partial charge in [0.05, 0.1) is 26.3 Å². The molecule has 1 aromatic heterocycles. The van der Waals surface area contributed by atoms with Crippen LogP contribution in [0.5, 0.6) is 0 Å². The van der Waals surface area contributed by atoms with Gasteiger partial charge in [-0.2, -0.15) is 0 Å². The molecule has 1 N–H and O–H groups in total. The molecule has 1 fully saturated rings. The third-order valence-corrected chi connectivity index (χ3v) is 5.34. The second kappa shape index (κ2) is 10.4. The molecule has 1 amide bonds. The first-order valence-corrected chi connectivity index (χ1v) is 10.0. The van der Waals surface area contributed by atoms with E-state index in [1.54, 1.807) is 11.3 Å². The van der Waals surface area contributed by atoms with Crippen molar-refractivity contribution in [1.29, 1.82) is 0 Å². The van der Waals surface area contributed by atoms with Crippen LogP contribution in [0.4, 0.5) is 0 Å². The second-order valence-corrected chi connectivity index (χ2v) is 7.48. The third kappa shape index (κ3) is 6.21. The Balaban J connectivity index is 1.48. The molecule has 1 aromatic carbocycles. The van der Waals surface area contributed by atoms with E-state index < -0.39 is 0 Å². The predicted molar refractivity (Wildman–Crippen MR) is 105 cm³/mol. The first kappa shape index (κ1) is 19.0. The van der Waals surface area contributed by atoms with Crippen LogP contribution in [0.2, 0.25) is 0 Å². The van der Waals surface area contributed by atoms with Crippen LogP contribution in [0, 0.1) is 0 Å². The van der Waals surface area contributed by atoms with Gasteiger partial charge in [-0.25, -0.2) is 0 Å². The van der Waals surface area contributed by atoms with Crippen LogP contribution >= 0.6 is 11.3 Å². The number of rotatable bonds is 9. The highest BCUT2D eigenvalue weighted by atomic mass is 32.1. The van der Waals surface area contributed by atoms with Gasteiger partial charge in [0.2, 0.25) is 5.91 Å². The van der Waals surface area contributed by atoms with Crippen LogP contribution in [-0.4, -0.2) is 61.6 Å². The molecule has 6 heteroatoms. The van der Waals surface area contributed by atoms with E-state index in [9.17, 15) is 4.79 Å². The summed E-state index contributed by atoms with van der Waals surface area (Å²) in [6.07, 6.45) is 0. The van der Waals surface area contributed by atoms with Crippen LogP contribution in [0.15, 0.2) is 47.8 Å². The predicted octanol–water partition coefficient (Wildman–Crippen LogP) is 2.20. The molecule has 3 rings (SSSR count). The van der Waals surface area contributed by atoms with Gasteiger partial charge in [-0.05, 0) is 17.0 Å². The van der Waals surface area contributed by atoms with Crippen molar-refractivity contribution in [3.8, 4) is 0 Å². The van der Waals surface area contributed by atoms with Crippen LogP contribution < -0.4 is 5.32 Å². The number of ether oxygens (including phenoxy) is 1. The SMILES string of the molecule is O=C(CNCCN1CCOCC1)N(Cc1ccccc1)Cc1cccs1. The van der Waals surface area contributed by atoms with E-state index in [0.717, 1.165) is 45.0 Å². The standard InChI is InChI=1S/C20H27N3O2S/c24-20(15-21-8-9-22-10-12-25-13-11-22)23(17-19-7-4-14-26-19)16-18-5-2-1-3-6-18/h1-7,14,21H,8-13,15-17H2. The number of nitrogens with one attached hydrogen (secondary N) is 1. The lowest BCUT2D eigenvalue weighted by Crippen LogP contribution is -2.43. The average molecular weight is 374 g/mol. The number of hydrogen-bond acceptors (Lipinski definition) is 5. The summed E-state index contributed by atoms with van der Waals surface area (Å²) in [5, 5.41) is 5.36. The van der Waals surface area contributed by atoms with Crippen LogP contribution in [-0.2, 0) is 22.6 Å². The molecule has 2 heterocycles. The fraction of sp³-hybridized carbons (Fsp3) is 0.450. The Labute approximate surface area is 159 Å². The van der Waals surface area contributed by atoms with Crippen molar-refractivity contribution in [3.63, 3.8) is 0 Å². The van der Waals surface area contributed by atoms with Crippen molar-refractivity contribution < 1.29 is 9.53 Å². The van der Waals surface area contributed by atoms with Gasteiger partial charge in [0, 0.05) is 37.6 Å². The molecule has 0 atom stereocenters. The Morgan fingerprint density at radius 2 is 1.92 bits per heavy atom. The molecule has 1 aliphatic heterocycles. The molecule has 0 spiro atoms. The maximum absolute atomic E-state index is 12.8. The number of morpholine rings is 1. The van der Waals surface area contributed by atoms with Crippen LogP contribution in [0.25, 0.3) is 0 Å². The van der Waals surface area contributed by atoms with E-state index in [2.05, 4.69) is 33.8 Å². The molecule has 140 valence electrons. The molecule has 1 saturated heterocycles. The molecule has 1 aliphatic rings. The summed E-state index contributed by atoms with van der Waals surface area (Å²) in [5.41, 5.74) is 1.16. The molecule has 26 heavy (non-hydrogen) atoms. The minimum Gasteiger partial charge on any atom is -0.379 e. The Morgan fingerprint density at radius 1 is 1.12 bits per heavy atom. The topological polar surface area (TPSA) is 44.8 Å². The number of nitrogens with zero attached hydrogens (tertiary/aromatic N) is 2. The van der Waals surface area contributed by atoms with Crippen molar-refractivity contribution in [2.75, 3.05) is 45.9 Å². The molecule has 0 saturated carbocycles. The lowest BCUT2D eigenvalue weighted by atomic mass is 10.2. The number of carbonyl (C=O) groups is 1. The van der Waals surface area contributed by atoms with Crippen LogP contribution in [0.3, 0.4) is 0 Å². The second-order valence-electron chi connectivity index (χ2n) is 6.45. The zero-order valence-electron chi connectivity index (χ0n) is 15.1. The van der Waals surface area contributed by atoms with E-state index in [-0.39, 0.29) is 5.91 Å². The van der Waals surface area contributed by atoms with Gasteiger partial charge >= 0.3 is 0 Å². The molecule has 0 radical (unpaired) electrons. The zero-order valence-corrected chi connectivity index (χ0v) is 15.9. The quantitative estimate of drug-likeness (QED) is 0.685. The Morgan fingerprint density at radius 3 is 2.65 bits per heavy atom. The highest BCUT2D eigenvalue weighted by Gasteiger charge is 2.15. The van der Waals surface area contributed by atoms with Crippen LogP contribution in [0.1, 0.15) is 10.4 Å². The number of benzene rings is 1. The van der Waals surface area contributed by atoms with Crippen molar-refractivity contribution in [1.82, 2.24) is 15.1 Å². The summed E-state index contributed by atoms with van der Waals surface area (Å²) in [5.74, 6) is 0.143. The first-order valence-electron chi connectivity index (χ1n) is 9.16. The third-order valence-electron chi connectivity index (χ3n) is 4.48. The smallest absolute Gasteiger partial charge is 0.237 e. The summed E-state index contributed by atoms with van der Waals surface area (Å²) in [6.45, 7) is 7.05. The monoisotopic (exact) mass is 373 g/mol. The molecule has 2 aromatic rings.